The highest BCUT2D eigenvalue weighted by Gasteiger charge is 2.35. The van der Waals surface area contributed by atoms with Crippen LogP contribution in [0.1, 0.15) is 0 Å². The Kier molecular flexibility index (Phi) is 13.3. The quantitative estimate of drug-likeness (QED) is 0.116. The molecule has 16 aromatic rings. The van der Waals surface area contributed by atoms with Crippen LogP contribution in [0.15, 0.2) is 385 Å². The van der Waals surface area contributed by atoms with E-state index in [0.29, 0.717) is 17.7 Å². The summed E-state index contributed by atoms with van der Waals surface area (Å²) in [6, 6.07) is 126. The van der Waals surface area contributed by atoms with Crippen molar-refractivity contribution in [3.05, 3.63) is 346 Å². The molecule has 7 heteroatoms. The second-order valence-electron chi connectivity index (χ2n) is 22.0. The van der Waals surface area contributed by atoms with Crippen molar-refractivity contribution in [3.8, 4) is 45.5 Å². The summed E-state index contributed by atoms with van der Waals surface area (Å²) in [6.07, 6.45) is 0. The summed E-state index contributed by atoms with van der Waals surface area (Å²) in [6.45, 7) is 0. The molecule has 0 fully saturated rings. The largest absolute Gasteiger partial charge is 0.278 e. The van der Waals surface area contributed by atoms with E-state index in [-0.39, 0.29) is 0 Å². The van der Waals surface area contributed by atoms with Crippen LogP contribution >= 0.6 is 20.1 Å². The van der Waals surface area contributed by atoms with Crippen LogP contribution in [0.2, 0.25) is 0 Å². The molecule has 0 N–H and O–H groups in total. The number of fused-ring (bicyclic) bond motifs is 6. The lowest BCUT2D eigenvalue weighted by Gasteiger charge is -2.42. The van der Waals surface area contributed by atoms with Gasteiger partial charge in [-0.2, -0.15) is 15.0 Å². The van der Waals surface area contributed by atoms with E-state index < -0.39 is 20.1 Å². The Balaban J connectivity index is 0.989. The first-order chi connectivity index (χ1) is 43.6. The highest BCUT2D eigenvalue weighted by molar-refractivity contribution is 8.34. The Labute approximate surface area is 514 Å². The van der Waals surface area contributed by atoms with Gasteiger partial charge in [-0.3, -0.25) is 9.13 Å². The minimum absolute atomic E-state index is 0.527. The number of aromatic nitrogens is 5. The second kappa shape index (κ2) is 22.2. The molecule has 0 saturated carbocycles. The summed E-state index contributed by atoms with van der Waals surface area (Å²) in [5.41, 5.74) is 9.13. The highest BCUT2D eigenvalue weighted by atomic mass is 32.3. The van der Waals surface area contributed by atoms with E-state index in [2.05, 4.69) is 355 Å². The Morgan fingerprint density at radius 3 is 0.739 bits per heavy atom. The number of benzene rings is 13. The number of nitrogens with zero attached hydrogens (tertiary/aromatic N) is 5. The van der Waals surface area contributed by atoms with Gasteiger partial charge in [0.1, 0.15) is 0 Å². The van der Waals surface area contributed by atoms with Crippen LogP contribution < -0.4 is 0 Å². The molecule has 418 valence electrons. The Hall–Kier alpha value is -10.8. The first-order valence-electron chi connectivity index (χ1n) is 29.7. The zero-order valence-corrected chi connectivity index (χ0v) is 49.6. The van der Waals surface area contributed by atoms with Crippen LogP contribution in [-0.4, -0.2) is 24.1 Å². The number of rotatable bonds is 13. The molecule has 16 rings (SSSR count). The summed E-state index contributed by atoms with van der Waals surface area (Å²) < 4.78 is 4.42. The standard InChI is InChI=1S/C81H57N5S2/c1-7-31-63(32-8-1)87(64-33-9-2-10-34-64,65-35-11-3-12-36-65)69-43-27-29-58(56-69)60-53-61(59-30-28-44-70(57-59)88(66-37-13-4-14-38-66,67-39-15-5-16-40-67)68-41-17-6-18-42-68)55-62(54-60)79-82-80(85-75-49-23-19-45-71(75)72-46-20-24-50-76(72)85)84-81(83-79)86-77-51-25-21-47-73(77)74-48-22-26-52-78(74)86/h1-57H. The molecule has 5 nitrogen and oxygen atoms in total. The van der Waals surface area contributed by atoms with Gasteiger partial charge in [-0.1, -0.05) is 206 Å². The summed E-state index contributed by atoms with van der Waals surface area (Å²) in [5, 5.41) is 4.51. The molecular weight excluding hydrogens is 1110 g/mol. The zero-order chi connectivity index (χ0) is 58.4. The van der Waals surface area contributed by atoms with Crippen LogP contribution in [0.3, 0.4) is 0 Å². The lowest BCUT2D eigenvalue weighted by Crippen LogP contribution is -2.10. The van der Waals surface area contributed by atoms with Crippen LogP contribution in [0.4, 0.5) is 0 Å². The third-order valence-corrected chi connectivity index (χ3v) is 24.8. The second-order valence-corrected chi connectivity index (χ2v) is 28.2. The van der Waals surface area contributed by atoms with Gasteiger partial charge in [0.2, 0.25) is 11.9 Å². The smallest absolute Gasteiger partial charge is 0.240 e. The Bertz CT molecular complexity index is 4590. The molecule has 0 aliphatic rings. The number of hydrogen-bond acceptors (Lipinski definition) is 3. The summed E-state index contributed by atoms with van der Waals surface area (Å²) in [5.74, 6) is 1.60. The van der Waals surface area contributed by atoms with Crippen molar-refractivity contribution in [2.24, 2.45) is 0 Å². The van der Waals surface area contributed by atoms with E-state index in [1.54, 1.807) is 0 Å². The van der Waals surface area contributed by atoms with Crippen molar-refractivity contribution in [2.45, 2.75) is 39.2 Å². The number of hydrogen-bond donors (Lipinski definition) is 0. The van der Waals surface area contributed by atoms with E-state index in [4.69, 9.17) is 15.0 Å². The minimum atomic E-state index is -2.04. The van der Waals surface area contributed by atoms with Gasteiger partial charge in [0.15, 0.2) is 5.82 Å². The van der Waals surface area contributed by atoms with Crippen molar-refractivity contribution < 1.29 is 0 Å². The van der Waals surface area contributed by atoms with Crippen molar-refractivity contribution in [1.82, 2.24) is 24.1 Å². The summed E-state index contributed by atoms with van der Waals surface area (Å²) >= 11 is 0. The highest BCUT2D eigenvalue weighted by Crippen LogP contribution is 2.75. The molecular formula is C81H57N5S2. The SMILES string of the molecule is c1ccc(S(c2ccccc2)(c2ccccc2)c2cccc(-c3cc(-c4cccc(S(c5ccccc5)(c5ccccc5)c5ccccc5)c4)cc(-c4nc(-n5c6ccccc6c6ccccc65)nc(-n5c6ccccc6c6ccccc65)n4)c3)c2)cc1. The number of para-hydroxylation sites is 4. The third kappa shape index (κ3) is 8.77. The van der Waals surface area contributed by atoms with Gasteiger partial charge < -0.3 is 0 Å². The molecule has 0 aliphatic carbocycles. The molecule has 0 amide bonds. The molecule has 0 atom stereocenters. The Morgan fingerprint density at radius 2 is 0.443 bits per heavy atom. The first-order valence-corrected chi connectivity index (χ1v) is 33.0. The molecule has 0 aliphatic heterocycles. The van der Waals surface area contributed by atoms with Gasteiger partial charge in [-0.15, -0.1) is 20.1 Å². The van der Waals surface area contributed by atoms with Crippen LogP contribution in [0.25, 0.3) is 89.2 Å². The Morgan fingerprint density at radius 1 is 0.193 bits per heavy atom. The van der Waals surface area contributed by atoms with Crippen molar-refractivity contribution in [2.75, 3.05) is 0 Å². The zero-order valence-electron chi connectivity index (χ0n) is 48.0. The predicted octanol–water partition coefficient (Wildman–Crippen LogP) is 21.7. The summed E-state index contributed by atoms with van der Waals surface area (Å²) in [7, 11) is -4.07. The van der Waals surface area contributed by atoms with Crippen LogP contribution in [-0.2, 0) is 0 Å². The van der Waals surface area contributed by atoms with E-state index in [9.17, 15) is 0 Å². The fourth-order valence-corrected chi connectivity index (χ4v) is 21.0. The lowest BCUT2D eigenvalue weighted by molar-refractivity contribution is 0.893. The molecule has 0 saturated heterocycles. The van der Waals surface area contributed by atoms with Gasteiger partial charge in [0.25, 0.3) is 0 Å². The van der Waals surface area contributed by atoms with Crippen LogP contribution in [0, 0.1) is 0 Å². The molecule has 88 heavy (non-hydrogen) atoms. The van der Waals surface area contributed by atoms with Crippen molar-refractivity contribution >= 4 is 63.7 Å². The van der Waals surface area contributed by atoms with E-state index in [1.165, 1.54) is 39.2 Å². The van der Waals surface area contributed by atoms with Crippen LogP contribution in [0.5, 0.6) is 0 Å². The van der Waals surface area contributed by atoms with E-state index >= 15 is 0 Å². The molecule has 0 bridgehead atoms. The van der Waals surface area contributed by atoms with Gasteiger partial charge in [0.05, 0.1) is 22.1 Å². The normalized spacial score (nSPS) is 12.2. The summed E-state index contributed by atoms with van der Waals surface area (Å²) in [4.78, 5) is 26.9. The van der Waals surface area contributed by atoms with Gasteiger partial charge in [-0.25, -0.2) is 0 Å². The maximum atomic E-state index is 5.67. The first kappa shape index (κ1) is 52.7. The third-order valence-electron chi connectivity index (χ3n) is 17.0. The monoisotopic (exact) mass is 1160 g/mol. The fraction of sp³-hybridized carbons (Fsp3) is 0. The fourth-order valence-electron chi connectivity index (χ4n) is 13.2. The molecule has 3 heterocycles. The lowest BCUT2D eigenvalue weighted by atomic mass is 9.96. The minimum Gasteiger partial charge on any atom is -0.278 e. The van der Waals surface area contributed by atoms with Crippen molar-refractivity contribution in [1.29, 1.82) is 0 Å². The predicted molar refractivity (Wildman–Crippen MR) is 365 cm³/mol. The average Bonchev–Trinajstić information content (AvgIpc) is 2.29. The van der Waals surface area contributed by atoms with E-state index in [1.807, 2.05) is 0 Å². The molecule has 0 unspecified atom stereocenters. The topological polar surface area (TPSA) is 48.5 Å². The molecule has 3 aromatic heterocycles. The van der Waals surface area contributed by atoms with E-state index in [0.717, 1.165) is 71.4 Å². The average molecular weight is 1160 g/mol. The van der Waals surface area contributed by atoms with Crippen molar-refractivity contribution in [3.63, 3.8) is 0 Å². The van der Waals surface area contributed by atoms with Gasteiger partial charge >= 0.3 is 0 Å². The molecule has 0 radical (unpaired) electrons. The van der Waals surface area contributed by atoms with Gasteiger partial charge in [-0.05, 0) is 162 Å². The maximum absolute atomic E-state index is 5.67. The molecule has 0 spiro atoms. The maximum Gasteiger partial charge on any atom is 0.240 e. The van der Waals surface area contributed by atoms with Gasteiger partial charge in [0, 0.05) is 66.3 Å². The molecule has 13 aromatic carbocycles.